The molecule has 12 heavy (non-hydrogen) atoms. The van der Waals surface area contributed by atoms with Gasteiger partial charge in [-0.1, -0.05) is 13.3 Å². The van der Waals surface area contributed by atoms with Crippen molar-refractivity contribution in [1.29, 1.82) is 0 Å². The standard InChI is InChI=1S/C8H16N4/c1-4-5-7-8(6-12(2)3)10-11-9-7/h4-6H2,1-3H3,(H,9,10,11). The van der Waals surface area contributed by atoms with Gasteiger partial charge >= 0.3 is 0 Å². The van der Waals surface area contributed by atoms with Crippen LogP contribution >= 0.6 is 0 Å². The minimum Gasteiger partial charge on any atom is -0.303 e. The first kappa shape index (κ1) is 9.19. The molecule has 0 atom stereocenters. The summed E-state index contributed by atoms with van der Waals surface area (Å²) in [6.07, 6.45) is 2.13. The van der Waals surface area contributed by atoms with Crippen molar-refractivity contribution in [2.45, 2.75) is 26.3 Å². The van der Waals surface area contributed by atoms with E-state index in [9.17, 15) is 0 Å². The Morgan fingerprint density at radius 3 is 2.50 bits per heavy atom. The van der Waals surface area contributed by atoms with Gasteiger partial charge in [-0.05, 0) is 20.5 Å². The number of rotatable bonds is 4. The molecular formula is C8H16N4. The van der Waals surface area contributed by atoms with Crippen LogP contribution in [0.2, 0.25) is 0 Å². The van der Waals surface area contributed by atoms with Gasteiger partial charge in [-0.15, -0.1) is 0 Å². The van der Waals surface area contributed by atoms with Crippen molar-refractivity contribution in [2.75, 3.05) is 14.1 Å². The molecule has 4 nitrogen and oxygen atoms in total. The van der Waals surface area contributed by atoms with Crippen molar-refractivity contribution in [2.24, 2.45) is 0 Å². The third kappa shape index (κ3) is 2.30. The predicted octanol–water partition coefficient (Wildman–Crippen LogP) is 0.819. The van der Waals surface area contributed by atoms with Gasteiger partial charge in [0.15, 0.2) is 0 Å². The molecule has 1 aromatic rings. The van der Waals surface area contributed by atoms with Gasteiger partial charge in [-0.3, -0.25) is 0 Å². The molecule has 68 valence electrons. The Morgan fingerprint density at radius 1 is 1.25 bits per heavy atom. The van der Waals surface area contributed by atoms with Gasteiger partial charge in [-0.2, -0.15) is 15.4 Å². The van der Waals surface area contributed by atoms with E-state index in [4.69, 9.17) is 0 Å². The quantitative estimate of drug-likeness (QED) is 0.724. The second-order valence-corrected chi connectivity index (χ2v) is 3.20. The number of hydrogen-bond donors (Lipinski definition) is 1. The van der Waals surface area contributed by atoms with Gasteiger partial charge in [0.2, 0.25) is 0 Å². The number of nitrogens with one attached hydrogen (secondary N) is 1. The highest BCUT2D eigenvalue weighted by Crippen LogP contribution is 2.05. The number of nitrogens with zero attached hydrogens (tertiary/aromatic N) is 3. The summed E-state index contributed by atoms with van der Waals surface area (Å²) in [6, 6.07) is 0. The Hall–Kier alpha value is -0.900. The van der Waals surface area contributed by atoms with E-state index in [0.29, 0.717) is 0 Å². The lowest BCUT2D eigenvalue weighted by Gasteiger charge is -2.06. The molecule has 0 unspecified atom stereocenters. The lowest BCUT2D eigenvalue weighted by Crippen LogP contribution is -2.12. The molecule has 0 radical (unpaired) electrons. The van der Waals surface area contributed by atoms with Crippen molar-refractivity contribution < 1.29 is 0 Å². The molecule has 1 rings (SSSR count). The zero-order valence-corrected chi connectivity index (χ0v) is 7.96. The predicted molar refractivity (Wildman–Crippen MR) is 47.8 cm³/mol. The van der Waals surface area contributed by atoms with Crippen LogP contribution in [0.1, 0.15) is 24.7 Å². The van der Waals surface area contributed by atoms with Crippen LogP contribution in [-0.4, -0.2) is 34.4 Å². The van der Waals surface area contributed by atoms with E-state index in [1.54, 1.807) is 0 Å². The molecule has 0 aliphatic carbocycles. The summed E-state index contributed by atoms with van der Waals surface area (Å²) in [7, 11) is 4.06. The third-order valence-electron chi connectivity index (χ3n) is 1.66. The molecular weight excluding hydrogens is 152 g/mol. The van der Waals surface area contributed by atoms with E-state index < -0.39 is 0 Å². The van der Waals surface area contributed by atoms with Gasteiger partial charge in [0, 0.05) is 6.54 Å². The van der Waals surface area contributed by atoms with Crippen LogP contribution in [0.25, 0.3) is 0 Å². The van der Waals surface area contributed by atoms with E-state index >= 15 is 0 Å². The molecule has 0 amide bonds. The first-order valence-corrected chi connectivity index (χ1v) is 4.27. The van der Waals surface area contributed by atoms with Crippen molar-refractivity contribution in [3.05, 3.63) is 11.4 Å². The SMILES string of the molecule is CCCc1n[nH]nc1CN(C)C. The first-order valence-electron chi connectivity index (χ1n) is 4.27. The van der Waals surface area contributed by atoms with Gasteiger partial charge in [-0.25, -0.2) is 0 Å². The molecule has 0 aliphatic heterocycles. The van der Waals surface area contributed by atoms with Crippen molar-refractivity contribution in [3.63, 3.8) is 0 Å². The summed E-state index contributed by atoms with van der Waals surface area (Å²) in [4.78, 5) is 2.09. The maximum absolute atomic E-state index is 4.10. The minimum atomic E-state index is 0.867. The van der Waals surface area contributed by atoms with Crippen LogP contribution in [0.15, 0.2) is 0 Å². The topological polar surface area (TPSA) is 44.8 Å². The van der Waals surface area contributed by atoms with Gasteiger partial charge < -0.3 is 4.90 Å². The van der Waals surface area contributed by atoms with Crippen LogP contribution in [0.5, 0.6) is 0 Å². The van der Waals surface area contributed by atoms with Gasteiger partial charge in [0.1, 0.15) is 0 Å². The summed E-state index contributed by atoms with van der Waals surface area (Å²) in [5, 5.41) is 10.9. The van der Waals surface area contributed by atoms with Crippen molar-refractivity contribution in [3.8, 4) is 0 Å². The molecule has 1 heterocycles. The highest BCUT2D eigenvalue weighted by atomic mass is 15.3. The highest BCUT2D eigenvalue weighted by Gasteiger charge is 2.06. The summed E-state index contributed by atoms with van der Waals surface area (Å²) >= 11 is 0. The van der Waals surface area contributed by atoms with Crippen molar-refractivity contribution >= 4 is 0 Å². The van der Waals surface area contributed by atoms with Crippen LogP contribution in [0, 0.1) is 0 Å². The molecule has 0 saturated carbocycles. The molecule has 1 N–H and O–H groups in total. The Balaban J connectivity index is 2.63. The number of hydrogen-bond acceptors (Lipinski definition) is 3. The summed E-state index contributed by atoms with van der Waals surface area (Å²) in [5.74, 6) is 0. The fourth-order valence-corrected chi connectivity index (χ4v) is 1.14. The average molecular weight is 168 g/mol. The maximum atomic E-state index is 4.10. The number of aromatic nitrogens is 3. The molecule has 0 aromatic carbocycles. The van der Waals surface area contributed by atoms with Gasteiger partial charge in [0.05, 0.1) is 11.4 Å². The van der Waals surface area contributed by atoms with E-state index in [-0.39, 0.29) is 0 Å². The Morgan fingerprint density at radius 2 is 1.92 bits per heavy atom. The van der Waals surface area contributed by atoms with Crippen molar-refractivity contribution in [1.82, 2.24) is 20.3 Å². The van der Waals surface area contributed by atoms with E-state index in [1.807, 2.05) is 14.1 Å². The molecule has 4 heteroatoms. The fourth-order valence-electron chi connectivity index (χ4n) is 1.14. The molecule has 0 saturated heterocycles. The first-order chi connectivity index (χ1) is 5.74. The normalized spacial score (nSPS) is 11.0. The van der Waals surface area contributed by atoms with Crippen LogP contribution in [0.3, 0.4) is 0 Å². The second kappa shape index (κ2) is 4.21. The Labute approximate surface area is 73.0 Å². The lowest BCUT2D eigenvalue weighted by atomic mass is 10.2. The molecule has 0 aliphatic rings. The molecule has 0 spiro atoms. The largest absolute Gasteiger partial charge is 0.303 e. The summed E-state index contributed by atoms with van der Waals surface area (Å²) < 4.78 is 0. The highest BCUT2D eigenvalue weighted by molar-refractivity contribution is 5.07. The second-order valence-electron chi connectivity index (χ2n) is 3.20. The molecule has 1 aromatic heterocycles. The van der Waals surface area contributed by atoms with Gasteiger partial charge in [0.25, 0.3) is 0 Å². The average Bonchev–Trinajstić information content (AvgIpc) is 2.37. The van der Waals surface area contributed by atoms with Crippen LogP contribution < -0.4 is 0 Å². The van der Waals surface area contributed by atoms with Crippen LogP contribution in [-0.2, 0) is 13.0 Å². The summed E-state index contributed by atoms with van der Waals surface area (Å²) in [6.45, 7) is 3.01. The van der Waals surface area contributed by atoms with E-state index in [2.05, 4.69) is 27.2 Å². The zero-order valence-electron chi connectivity index (χ0n) is 7.96. The Bertz CT molecular complexity index is 229. The number of aromatic amines is 1. The maximum Gasteiger partial charge on any atom is 0.0996 e. The van der Waals surface area contributed by atoms with E-state index in [0.717, 1.165) is 30.8 Å². The van der Waals surface area contributed by atoms with Crippen LogP contribution in [0.4, 0.5) is 0 Å². The smallest absolute Gasteiger partial charge is 0.0996 e. The fraction of sp³-hybridized carbons (Fsp3) is 0.750. The lowest BCUT2D eigenvalue weighted by molar-refractivity contribution is 0.395. The van der Waals surface area contributed by atoms with E-state index in [1.165, 1.54) is 0 Å². The summed E-state index contributed by atoms with van der Waals surface area (Å²) in [5.41, 5.74) is 2.17. The number of aryl methyl sites for hydroxylation is 1. The molecule has 0 bridgehead atoms. The third-order valence-corrected chi connectivity index (χ3v) is 1.66. The molecule has 0 fully saturated rings. The zero-order chi connectivity index (χ0) is 8.97. The Kier molecular flexibility index (Phi) is 3.22. The monoisotopic (exact) mass is 168 g/mol. The minimum absolute atomic E-state index is 0.867. The number of H-pyrrole nitrogens is 1.